The topological polar surface area (TPSA) is 128 Å². The van der Waals surface area contributed by atoms with Gasteiger partial charge in [0.15, 0.2) is 5.03 Å². The number of ether oxygens (including phenoxy) is 1. The van der Waals surface area contributed by atoms with Gasteiger partial charge in [-0.15, -0.1) is 0 Å². The second-order valence-corrected chi connectivity index (χ2v) is 8.20. The summed E-state index contributed by atoms with van der Waals surface area (Å²) in [7, 11) is -3.72. The Labute approximate surface area is 173 Å². The number of imidazole rings is 2. The number of H-pyrrole nitrogens is 1. The van der Waals surface area contributed by atoms with Gasteiger partial charge in [-0.25, -0.2) is 15.0 Å². The fourth-order valence-corrected chi connectivity index (χ4v) is 3.71. The minimum absolute atomic E-state index is 0.0168. The lowest BCUT2D eigenvalue weighted by Crippen LogP contribution is -2.13. The Kier molecular flexibility index (Phi) is 4.96. The molecule has 0 amide bonds. The van der Waals surface area contributed by atoms with Crippen LogP contribution in [0.3, 0.4) is 0 Å². The van der Waals surface area contributed by atoms with Crippen LogP contribution < -0.4 is 9.46 Å². The van der Waals surface area contributed by atoms with Gasteiger partial charge in [-0.3, -0.25) is 9.29 Å². The number of anilines is 1. The van der Waals surface area contributed by atoms with Gasteiger partial charge in [0.05, 0.1) is 18.2 Å². The van der Waals surface area contributed by atoms with Crippen LogP contribution in [0, 0.1) is 20.8 Å². The Morgan fingerprint density at radius 2 is 1.87 bits per heavy atom. The first-order valence-corrected chi connectivity index (χ1v) is 10.5. The molecule has 4 rings (SSSR count). The van der Waals surface area contributed by atoms with E-state index in [0.29, 0.717) is 29.0 Å². The molecule has 3 aromatic heterocycles. The van der Waals surface area contributed by atoms with Crippen molar-refractivity contribution >= 4 is 15.7 Å². The Bertz CT molecular complexity index is 1280. The van der Waals surface area contributed by atoms with Crippen molar-refractivity contribution in [2.45, 2.75) is 25.8 Å². The summed E-state index contributed by atoms with van der Waals surface area (Å²) >= 11 is 0. The zero-order valence-electron chi connectivity index (χ0n) is 16.5. The first kappa shape index (κ1) is 19.6. The van der Waals surface area contributed by atoms with Gasteiger partial charge in [-0.05, 0) is 45.0 Å². The number of aromatic nitrogens is 6. The molecule has 0 radical (unpaired) electrons. The molecule has 30 heavy (non-hydrogen) atoms. The van der Waals surface area contributed by atoms with Gasteiger partial charge in [0, 0.05) is 17.4 Å². The maximum absolute atomic E-state index is 12.2. The molecule has 0 atom stereocenters. The van der Waals surface area contributed by atoms with Crippen LogP contribution in [0.15, 0.2) is 54.2 Å². The standard InChI is InChI=1S/C19H19N7O3S/c1-12-13(2)26(11-22-12)17-8-18(24-14(3)23-17)29-16-6-4-15(5-7-16)25-30(27,28)19-9-20-10-21-19/h4-11,25H,1-3H3,(H,20,21). The van der Waals surface area contributed by atoms with Gasteiger partial charge in [0.25, 0.3) is 10.0 Å². The van der Waals surface area contributed by atoms with E-state index in [1.807, 2.05) is 18.4 Å². The fourth-order valence-electron chi connectivity index (χ4n) is 2.74. The molecule has 154 valence electrons. The normalized spacial score (nSPS) is 11.4. The molecule has 0 fully saturated rings. The van der Waals surface area contributed by atoms with Crippen molar-refractivity contribution in [1.29, 1.82) is 0 Å². The van der Waals surface area contributed by atoms with E-state index >= 15 is 0 Å². The lowest BCUT2D eigenvalue weighted by atomic mass is 10.3. The smallest absolute Gasteiger partial charge is 0.278 e. The fraction of sp³-hybridized carbons (Fsp3) is 0.158. The van der Waals surface area contributed by atoms with E-state index < -0.39 is 10.0 Å². The third-order valence-electron chi connectivity index (χ3n) is 4.39. The van der Waals surface area contributed by atoms with Gasteiger partial charge in [-0.2, -0.15) is 13.4 Å². The van der Waals surface area contributed by atoms with E-state index in [1.54, 1.807) is 43.6 Å². The maximum Gasteiger partial charge on any atom is 0.278 e. The zero-order valence-corrected chi connectivity index (χ0v) is 17.3. The highest BCUT2D eigenvalue weighted by atomic mass is 32.2. The van der Waals surface area contributed by atoms with Crippen molar-refractivity contribution in [1.82, 2.24) is 29.5 Å². The molecule has 0 spiro atoms. The minimum atomic E-state index is -3.72. The molecule has 0 unspecified atom stereocenters. The molecular formula is C19H19N7O3S. The van der Waals surface area contributed by atoms with Crippen molar-refractivity contribution in [2.75, 3.05) is 4.72 Å². The molecular weight excluding hydrogens is 406 g/mol. The number of hydrogen-bond acceptors (Lipinski definition) is 7. The second-order valence-electron chi connectivity index (χ2n) is 6.54. The third kappa shape index (κ3) is 4.01. The van der Waals surface area contributed by atoms with Crippen molar-refractivity contribution < 1.29 is 13.2 Å². The van der Waals surface area contributed by atoms with E-state index in [9.17, 15) is 8.42 Å². The first-order chi connectivity index (χ1) is 14.3. The van der Waals surface area contributed by atoms with Gasteiger partial charge >= 0.3 is 0 Å². The van der Waals surface area contributed by atoms with E-state index in [-0.39, 0.29) is 5.03 Å². The minimum Gasteiger partial charge on any atom is -0.439 e. The molecule has 0 saturated carbocycles. The van der Waals surface area contributed by atoms with Crippen molar-refractivity contribution in [3.05, 3.63) is 66.4 Å². The summed E-state index contributed by atoms with van der Waals surface area (Å²) in [5.74, 6) is 2.08. The number of aromatic amines is 1. The molecule has 2 N–H and O–H groups in total. The average Bonchev–Trinajstić information content (AvgIpc) is 3.34. The third-order valence-corrected chi connectivity index (χ3v) is 5.70. The number of aryl methyl sites for hydroxylation is 2. The number of nitrogens with zero attached hydrogens (tertiary/aromatic N) is 5. The summed E-state index contributed by atoms with van der Waals surface area (Å²) < 4.78 is 34.7. The second kappa shape index (κ2) is 7.59. The van der Waals surface area contributed by atoms with E-state index in [4.69, 9.17) is 4.74 Å². The van der Waals surface area contributed by atoms with Gasteiger partial charge in [-0.1, -0.05) is 0 Å². The van der Waals surface area contributed by atoms with Gasteiger partial charge < -0.3 is 9.72 Å². The van der Waals surface area contributed by atoms with Crippen LogP contribution in [0.4, 0.5) is 5.69 Å². The predicted octanol–water partition coefficient (Wildman–Crippen LogP) is 2.90. The van der Waals surface area contributed by atoms with Crippen LogP contribution in [0.5, 0.6) is 11.6 Å². The van der Waals surface area contributed by atoms with E-state index in [0.717, 1.165) is 11.4 Å². The highest BCUT2D eigenvalue weighted by Gasteiger charge is 2.15. The number of sulfonamides is 1. The summed E-state index contributed by atoms with van der Waals surface area (Å²) in [5, 5.41) is -0.0168. The molecule has 0 aliphatic heterocycles. The lowest BCUT2D eigenvalue weighted by Gasteiger charge is -2.10. The van der Waals surface area contributed by atoms with Crippen molar-refractivity contribution in [3.63, 3.8) is 0 Å². The summed E-state index contributed by atoms with van der Waals surface area (Å²) in [5.41, 5.74) is 2.29. The van der Waals surface area contributed by atoms with Crippen LogP contribution in [0.1, 0.15) is 17.2 Å². The van der Waals surface area contributed by atoms with Crippen LogP contribution in [0.25, 0.3) is 5.82 Å². The van der Waals surface area contributed by atoms with Gasteiger partial charge in [0.2, 0.25) is 5.88 Å². The monoisotopic (exact) mass is 425 g/mol. The molecule has 0 aliphatic carbocycles. The Hall–Kier alpha value is -3.73. The molecule has 0 bridgehead atoms. The van der Waals surface area contributed by atoms with Gasteiger partial charge in [0.1, 0.15) is 23.7 Å². The van der Waals surface area contributed by atoms with Crippen LogP contribution in [-0.2, 0) is 10.0 Å². The van der Waals surface area contributed by atoms with Crippen LogP contribution in [-0.4, -0.2) is 37.9 Å². The molecule has 0 saturated heterocycles. The molecule has 10 nitrogen and oxygen atoms in total. The summed E-state index contributed by atoms with van der Waals surface area (Å²) in [4.78, 5) is 19.3. The molecule has 11 heteroatoms. The molecule has 3 heterocycles. The summed E-state index contributed by atoms with van der Waals surface area (Å²) in [6.45, 7) is 5.67. The highest BCUT2D eigenvalue weighted by molar-refractivity contribution is 7.92. The quantitative estimate of drug-likeness (QED) is 0.486. The van der Waals surface area contributed by atoms with E-state index in [1.165, 1.54) is 12.5 Å². The Morgan fingerprint density at radius 3 is 2.50 bits per heavy atom. The van der Waals surface area contributed by atoms with E-state index in [2.05, 4.69) is 29.6 Å². The van der Waals surface area contributed by atoms with Crippen molar-refractivity contribution in [2.24, 2.45) is 0 Å². The SMILES string of the molecule is Cc1nc(Oc2ccc(NS(=O)(=O)c3cnc[nH]3)cc2)cc(-n2cnc(C)c2C)n1. The molecule has 1 aromatic carbocycles. The molecule has 4 aromatic rings. The number of hydrogen-bond donors (Lipinski definition) is 2. The lowest BCUT2D eigenvalue weighted by molar-refractivity contribution is 0.459. The summed E-state index contributed by atoms with van der Waals surface area (Å²) in [6, 6.07) is 8.21. The summed E-state index contributed by atoms with van der Waals surface area (Å²) in [6.07, 6.45) is 4.24. The zero-order chi connectivity index (χ0) is 21.3. The largest absolute Gasteiger partial charge is 0.439 e. The number of nitrogens with one attached hydrogen (secondary N) is 2. The maximum atomic E-state index is 12.2. The number of rotatable bonds is 6. The Morgan fingerprint density at radius 1 is 1.10 bits per heavy atom. The highest BCUT2D eigenvalue weighted by Crippen LogP contribution is 2.24. The Balaban J connectivity index is 1.53. The van der Waals surface area contributed by atoms with Crippen LogP contribution >= 0.6 is 0 Å². The van der Waals surface area contributed by atoms with Crippen molar-refractivity contribution in [3.8, 4) is 17.4 Å². The molecule has 0 aliphatic rings. The average molecular weight is 425 g/mol. The predicted molar refractivity (Wildman–Crippen MR) is 109 cm³/mol. The van der Waals surface area contributed by atoms with Crippen LogP contribution in [0.2, 0.25) is 0 Å². The number of benzene rings is 1. The first-order valence-electron chi connectivity index (χ1n) is 8.97.